The molecule has 3 aromatic carbocycles. The minimum absolute atomic E-state index is 0.0167. The summed E-state index contributed by atoms with van der Waals surface area (Å²) in [5.41, 5.74) is 5.82. The molecule has 0 bridgehead atoms. The molecular weight excluding hydrogens is 372 g/mol. The normalized spacial score (nSPS) is 13.8. The summed E-state index contributed by atoms with van der Waals surface area (Å²) in [6.07, 6.45) is 1.12. The third kappa shape index (κ3) is 4.13. The molecule has 3 aromatic rings. The van der Waals surface area contributed by atoms with Gasteiger partial charge in [-0.3, -0.25) is 9.59 Å². The van der Waals surface area contributed by atoms with Gasteiger partial charge in [0.1, 0.15) is 0 Å². The topological polar surface area (TPSA) is 49.4 Å². The highest BCUT2D eigenvalue weighted by Crippen LogP contribution is 2.33. The van der Waals surface area contributed by atoms with E-state index in [0.29, 0.717) is 6.54 Å². The summed E-state index contributed by atoms with van der Waals surface area (Å²) in [6, 6.07) is 23.3. The number of nitrogens with zero attached hydrogens (tertiary/aromatic N) is 1. The zero-order valence-electron chi connectivity index (χ0n) is 17.4. The average molecular weight is 399 g/mol. The van der Waals surface area contributed by atoms with Gasteiger partial charge in [-0.1, -0.05) is 67.1 Å². The quantitative estimate of drug-likeness (QED) is 0.614. The summed E-state index contributed by atoms with van der Waals surface area (Å²) in [5.74, 6) is -0.116. The molecular formula is C26H26N2O2. The number of carbonyl (C=O) groups is 2. The van der Waals surface area contributed by atoms with Gasteiger partial charge in [0.25, 0.3) is 5.91 Å². The van der Waals surface area contributed by atoms with Crippen LogP contribution in [0.5, 0.6) is 0 Å². The molecule has 4 rings (SSSR count). The Hall–Kier alpha value is -3.40. The number of nitrogens with one attached hydrogen (secondary N) is 1. The molecule has 0 fully saturated rings. The van der Waals surface area contributed by atoms with Gasteiger partial charge < -0.3 is 10.2 Å². The van der Waals surface area contributed by atoms with E-state index in [1.165, 1.54) is 5.56 Å². The van der Waals surface area contributed by atoms with Crippen molar-refractivity contribution in [2.45, 2.75) is 39.3 Å². The molecule has 4 heteroatoms. The summed E-state index contributed by atoms with van der Waals surface area (Å²) in [4.78, 5) is 27.9. The van der Waals surface area contributed by atoms with Crippen molar-refractivity contribution >= 4 is 17.5 Å². The van der Waals surface area contributed by atoms with Crippen LogP contribution in [0, 0.1) is 6.92 Å². The van der Waals surface area contributed by atoms with Gasteiger partial charge in [-0.05, 0) is 48.2 Å². The fraction of sp³-hybridized carbons (Fsp3) is 0.231. The van der Waals surface area contributed by atoms with Crippen molar-refractivity contribution in [3.63, 3.8) is 0 Å². The van der Waals surface area contributed by atoms with E-state index in [4.69, 9.17) is 0 Å². The summed E-state index contributed by atoms with van der Waals surface area (Å²) >= 11 is 0. The maximum Gasteiger partial charge on any atom is 0.255 e. The Balaban J connectivity index is 1.59. The Morgan fingerprint density at radius 1 is 1.03 bits per heavy atom. The highest BCUT2D eigenvalue weighted by Gasteiger charge is 2.34. The Kier molecular flexibility index (Phi) is 5.66. The molecule has 0 saturated heterocycles. The van der Waals surface area contributed by atoms with E-state index < -0.39 is 0 Å². The number of aryl methyl sites for hydroxylation is 2. The van der Waals surface area contributed by atoms with Crippen LogP contribution in [0.15, 0.2) is 72.8 Å². The number of hydrogen-bond acceptors (Lipinski definition) is 2. The van der Waals surface area contributed by atoms with Crippen LogP contribution in [0.25, 0.3) is 0 Å². The lowest BCUT2D eigenvalue weighted by Crippen LogP contribution is -2.32. The molecule has 1 atom stereocenters. The van der Waals surface area contributed by atoms with Crippen molar-refractivity contribution in [3.8, 4) is 0 Å². The van der Waals surface area contributed by atoms with E-state index in [1.54, 1.807) is 0 Å². The number of carbonyl (C=O) groups excluding carboxylic acids is 2. The van der Waals surface area contributed by atoms with Gasteiger partial charge in [0, 0.05) is 17.8 Å². The summed E-state index contributed by atoms with van der Waals surface area (Å²) < 4.78 is 0. The highest BCUT2D eigenvalue weighted by atomic mass is 16.2. The van der Waals surface area contributed by atoms with E-state index >= 15 is 0 Å². The van der Waals surface area contributed by atoms with Crippen molar-refractivity contribution < 1.29 is 9.59 Å². The lowest BCUT2D eigenvalue weighted by atomic mass is 10.00. The zero-order valence-corrected chi connectivity index (χ0v) is 17.4. The fourth-order valence-electron chi connectivity index (χ4n) is 3.98. The molecule has 1 aliphatic rings. The monoisotopic (exact) mass is 398 g/mol. The van der Waals surface area contributed by atoms with Crippen LogP contribution >= 0.6 is 0 Å². The third-order valence-corrected chi connectivity index (χ3v) is 5.69. The van der Waals surface area contributed by atoms with Crippen LogP contribution in [-0.2, 0) is 17.8 Å². The molecule has 0 aromatic heterocycles. The number of hydrogen-bond donors (Lipinski definition) is 1. The first-order chi connectivity index (χ1) is 14.5. The molecule has 4 nitrogen and oxygen atoms in total. The van der Waals surface area contributed by atoms with E-state index in [-0.39, 0.29) is 24.3 Å². The smallest absolute Gasteiger partial charge is 0.255 e. The summed E-state index contributed by atoms with van der Waals surface area (Å²) in [6.45, 7) is 4.64. The molecule has 1 heterocycles. The highest BCUT2D eigenvalue weighted by molar-refractivity contribution is 5.99. The van der Waals surface area contributed by atoms with Gasteiger partial charge in [0.15, 0.2) is 0 Å². The lowest BCUT2D eigenvalue weighted by Gasteiger charge is -2.28. The van der Waals surface area contributed by atoms with Crippen molar-refractivity contribution in [1.29, 1.82) is 0 Å². The third-order valence-electron chi connectivity index (χ3n) is 5.69. The maximum atomic E-state index is 13.1. The molecule has 2 amide bonds. The maximum absolute atomic E-state index is 13.1. The van der Waals surface area contributed by atoms with E-state index in [9.17, 15) is 9.59 Å². The number of amides is 2. The van der Waals surface area contributed by atoms with Crippen LogP contribution in [0.2, 0.25) is 0 Å². The first-order valence-electron chi connectivity index (χ1n) is 10.4. The largest absolute Gasteiger partial charge is 0.327 e. The van der Waals surface area contributed by atoms with Crippen LogP contribution < -0.4 is 5.32 Å². The second-order valence-electron chi connectivity index (χ2n) is 7.82. The van der Waals surface area contributed by atoms with Crippen LogP contribution in [0.1, 0.15) is 52.0 Å². The van der Waals surface area contributed by atoms with Gasteiger partial charge in [-0.15, -0.1) is 0 Å². The average Bonchev–Trinajstić information content (AvgIpc) is 3.09. The standard InChI is InChI=1S/C26H26N2O2/c1-3-19-7-6-9-22(15-19)27-25(29)16-24(20-13-11-18(2)12-14-20)28-17-21-8-4-5-10-23(21)26(28)30/h4-15,24H,3,16-17H2,1-2H3,(H,27,29)/t24-/m1/s1. The van der Waals surface area contributed by atoms with Gasteiger partial charge in [0.05, 0.1) is 12.5 Å². The molecule has 0 radical (unpaired) electrons. The second kappa shape index (κ2) is 8.54. The van der Waals surface area contributed by atoms with E-state index in [2.05, 4.69) is 12.2 Å². The minimum atomic E-state index is -0.320. The van der Waals surface area contributed by atoms with Crippen molar-refractivity contribution in [2.24, 2.45) is 0 Å². The SMILES string of the molecule is CCc1cccc(NC(=O)C[C@H](c2ccc(C)cc2)N2Cc3ccccc3C2=O)c1. The molecule has 0 saturated carbocycles. The second-order valence-corrected chi connectivity index (χ2v) is 7.82. The Bertz CT molecular complexity index is 1070. The molecule has 1 N–H and O–H groups in total. The predicted octanol–water partition coefficient (Wildman–Crippen LogP) is 5.28. The number of fused-ring (bicyclic) bond motifs is 1. The molecule has 152 valence electrons. The first-order valence-corrected chi connectivity index (χ1v) is 10.4. The van der Waals surface area contributed by atoms with E-state index in [0.717, 1.165) is 34.4 Å². The van der Waals surface area contributed by atoms with Crippen LogP contribution in [0.4, 0.5) is 5.69 Å². The van der Waals surface area contributed by atoms with Crippen molar-refractivity contribution in [1.82, 2.24) is 4.90 Å². The number of benzene rings is 3. The Labute approximate surface area is 177 Å². The zero-order chi connectivity index (χ0) is 21.1. The number of anilines is 1. The van der Waals surface area contributed by atoms with E-state index in [1.807, 2.05) is 84.6 Å². The fourth-order valence-corrected chi connectivity index (χ4v) is 3.98. The molecule has 0 aliphatic carbocycles. The predicted molar refractivity (Wildman–Crippen MR) is 119 cm³/mol. The number of rotatable bonds is 6. The molecule has 1 aliphatic heterocycles. The van der Waals surface area contributed by atoms with Gasteiger partial charge in [-0.25, -0.2) is 0 Å². The van der Waals surface area contributed by atoms with Gasteiger partial charge in [-0.2, -0.15) is 0 Å². The van der Waals surface area contributed by atoms with Gasteiger partial charge >= 0.3 is 0 Å². The Morgan fingerprint density at radius 3 is 2.53 bits per heavy atom. The molecule has 30 heavy (non-hydrogen) atoms. The van der Waals surface area contributed by atoms with Crippen LogP contribution in [-0.4, -0.2) is 16.7 Å². The van der Waals surface area contributed by atoms with Crippen LogP contribution in [0.3, 0.4) is 0 Å². The Morgan fingerprint density at radius 2 is 1.80 bits per heavy atom. The molecule has 0 spiro atoms. The van der Waals surface area contributed by atoms with Gasteiger partial charge in [0.2, 0.25) is 5.91 Å². The minimum Gasteiger partial charge on any atom is -0.327 e. The molecule has 0 unspecified atom stereocenters. The van der Waals surface area contributed by atoms with Crippen molar-refractivity contribution in [2.75, 3.05) is 5.32 Å². The summed E-state index contributed by atoms with van der Waals surface area (Å²) in [7, 11) is 0. The lowest BCUT2D eigenvalue weighted by molar-refractivity contribution is -0.117. The van der Waals surface area contributed by atoms with Crippen molar-refractivity contribution in [3.05, 3.63) is 101 Å². The first kappa shape index (κ1) is 19.9. The summed E-state index contributed by atoms with van der Waals surface area (Å²) in [5, 5.41) is 3.01.